The van der Waals surface area contributed by atoms with Gasteiger partial charge in [-0.1, -0.05) is 0 Å². The molecular formula is C10H4FNOS. The Hall–Kier alpha value is -1.73. The molecular weight excluding hydrogens is 201 g/mol. The summed E-state index contributed by atoms with van der Waals surface area (Å²) in [6.45, 7) is 0. The van der Waals surface area contributed by atoms with Gasteiger partial charge < -0.3 is 0 Å². The lowest BCUT2D eigenvalue weighted by molar-refractivity contribution is 0.112. The molecule has 1 aromatic carbocycles. The molecule has 4 heteroatoms. The van der Waals surface area contributed by atoms with Crippen molar-refractivity contribution in [1.29, 1.82) is 5.26 Å². The van der Waals surface area contributed by atoms with E-state index in [1.807, 2.05) is 6.07 Å². The fourth-order valence-electron chi connectivity index (χ4n) is 1.28. The summed E-state index contributed by atoms with van der Waals surface area (Å²) in [6, 6.07) is 4.96. The van der Waals surface area contributed by atoms with Crippen molar-refractivity contribution in [3.63, 3.8) is 0 Å². The van der Waals surface area contributed by atoms with Crippen LogP contribution in [0.4, 0.5) is 4.39 Å². The van der Waals surface area contributed by atoms with Crippen LogP contribution in [-0.2, 0) is 0 Å². The molecule has 0 aliphatic carbocycles. The maximum atomic E-state index is 13.6. The van der Waals surface area contributed by atoms with Crippen LogP contribution >= 0.6 is 11.3 Å². The number of thiophene rings is 1. The lowest BCUT2D eigenvalue weighted by Gasteiger charge is -1.96. The lowest BCUT2D eigenvalue weighted by Crippen LogP contribution is -1.88. The number of rotatable bonds is 1. The van der Waals surface area contributed by atoms with E-state index < -0.39 is 5.82 Å². The number of carbonyl (C=O) groups is 1. The Balaban J connectivity index is 2.92. The van der Waals surface area contributed by atoms with Crippen molar-refractivity contribution in [3.05, 3.63) is 34.5 Å². The van der Waals surface area contributed by atoms with E-state index in [1.54, 1.807) is 11.4 Å². The predicted octanol–water partition coefficient (Wildman–Crippen LogP) is 2.72. The average Bonchev–Trinajstić information content (AvgIpc) is 2.62. The highest BCUT2D eigenvalue weighted by atomic mass is 32.1. The molecule has 0 N–H and O–H groups in total. The van der Waals surface area contributed by atoms with Crippen LogP contribution < -0.4 is 0 Å². The van der Waals surface area contributed by atoms with Crippen LogP contribution in [0.5, 0.6) is 0 Å². The molecule has 0 spiro atoms. The Labute approximate surface area is 83.2 Å². The van der Waals surface area contributed by atoms with E-state index in [2.05, 4.69) is 0 Å². The number of hydrogen-bond acceptors (Lipinski definition) is 3. The van der Waals surface area contributed by atoms with Gasteiger partial charge in [-0.25, -0.2) is 4.39 Å². The summed E-state index contributed by atoms with van der Waals surface area (Å²) in [5.41, 5.74) is 0.276. The monoisotopic (exact) mass is 205 g/mol. The first-order chi connectivity index (χ1) is 6.77. The highest BCUT2D eigenvalue weighted by Gasteiger charge is 2.12. The molecule has 0 aliphatic rings. The molecule has 0 fully saturated rings. The molecule has 2 nitrogen and oxygen atoms in total. The standard InChI is InChI=1S/C10H4FNOS/c11-10-6(4-13)1-2-8-9(10)7(3-12)5-14-8/h1-2,4-5H. The second-order valence-electron chi connectivity index (χ2n) is 2.72. The highest BCUT2D eigenvalue weighted by molar-refractivity contribution is 7.17. The van der Waals surface area contributed by atoms with Crippen molar-refractivity contribution in [1.82, 2.24) is 0 Å². The van der Waals surface area contributed by atoms with E-state index in [0.29, 0.717) is 11.0 Å². The van der Waals surface area contributed by atoms with Gasteiger partial charge in [-0.15, -0.1) is 11.3 Å². The zero-order valence-electron chi connectivity index (χ0n) is 6.95. The van der Waals surface area contributed by atoms with Crippen LogP contribution in [0.2, 0.25) is 0 Å². The Kier molecular flexibility index (Phi) is 2.02. The number of nitrogens with zero attached hydrogens (tertiary/aromatic N) is 1. The molecule has 0 unspecified atom stereocenters. The van der Waals surface area contributed by atoms with Crippen molar-refractivity contribution in [2.75, 3.05) is 0 Å². The number of aldehydes is 1. The van der Waals surface area contributed by atoms with Gasteiger partial charge in [0.1, 0.15) is 11.9 Å². The van der Waals surface area contributed by atoms with Gasteiger partial charge in [0.05, 0.1) is 11.1 Å². The molecule has 0 saturated heterocycles. The Morgan fingerprint density at radius 1 is 1.50 bits per heavy atom. The summed E-state index contributed by atoms with van der Waals surface area (Å²) >= 11 is 1.29. The summed E-state index contributed by atoms with van der Waals surface area (Å²) in [5, 5.41) is 10.6. The molecule has 2 rings (SSSR count). The number of fused-ring (bicyclic) bond motifs is 1. The molecule has 1 heterocycles. The van der Waals surface area contributed by atoms with Crippen LogP contribution in [-0.4, -0.2) is 6.29 Å². The third-order valence-electron chi connectivity index (χ3n) is 1.95. The maximum Gasteiger partial charge on any atom is 0.153 e. The van der Waals surface area contributed by atoms with E-state index in [1.165, 1.54) is 17.4 Å². The van der Waals surface area contributed by atoms with Crippen molar-refractivity contribution in [2.45, 2.75) is 0 Å². The quantitative estimate of drug-likeness (QED) is 0.671. The number of carbonyl (C=O) groups excluding carboxylic acids is 1. The number of hydrogen-bond donors (Lipinski definition) is 0. The topological polar surface area (TPSA) is 40.9 Å². The van der Waals surface area contributed by atoms with Gasteiger partial charge >= 0.3 is 0 Å². The smallest absolute Gasteiger partial charge is 0.153 e. The SMILES string of the molecule is N#Cc1csc2ccc(C=O)c(F)c12. The highest BCUT2D eigenvalue weighted by Crippen LogP contribution is 2.29. The van der Waals surface area contributed by atoms with Crippen molar-refractivity contribution < 1.29 is 9.18 Å². The van der Waals surface area contributed by atoms with Gasteiger partial charge in [0.15, 0.2) is 6.29 Å². The fourth-order valence-corrected chi connectivity index (χ4v) is 2.16. The van der Waals surface area contributed by atoms with Crippen molar-refractivity contribution in [2.24, 2.45) is 0 Å². The third-order valence-corrected chi connectivity index (χ3v) is 2.90. The van der Waals surface area contributed by atoms with Crippen LogP contribution in [0.3, 0.4) is 0 Å². The Morgan fingerprint density at radius 3 is 2.93 bits per heavy atom. The Bertz CT molecular complexity index is 553. The van der Waals surface area contributed by atoms with E-state index in [-0.39, 0.29) is 16.5 Å². The molecule has 0 atom stereocenters. The number of benzene rings is 1. The zero-order valence-corrected chi connectivity index (χ0v) is 7.77. The average molecular weight is 205 g/mol. The van der Waals surface area contributed by atoms with Gasteiger partial charge in [0, 0.05) is 15.5 Å². The minimum Gasteiger partial charge on any atom is -0.298 e. The van der Waals surface area contributed by atoms with Crippen LogP contribution in [0, 0.1) is 17.1 Å². The predicted molar refractivity (Wildman–Crippen MR) is 51.9 cm³/mol. The van der Waals surface area contributed by atoms with Gasteiger partial charge in [-0.2, -0.15) is 5.26 Å². The molecule has 0 saturated carbocycles. The van der Waals surface area contributed by atoms with Crippen LogP contribution in [0.15, 0.2) is 17.5 Å². The largest absolute Gasteiger partial charge is 0.298 e. The summed E-state index contributed by atoms with van der Waals surface area (Å²) in [5.74, 6) is -0.602. The normalized spacial score (nSPS) is 10.0. The fraction of sp³-hybridized carbons (Fsp3) is 0. The van der Waals surface area contributed by atoms with Gasteiger partial charge in [-0.3, -0.25) is 4.79 Å². The molecule has 1 aromatic heterocycles. The summed E-state index contributed by atoms with van der Waals surface area (Å²) in [4.78, 5) is 10.5. The maximum absolute atomic E-state index is 13.6. The van der Waals surface area contributed by atoms with E-state index in [4.69, 9.17) is 5.26 Å². The van der Waals surface area contributed by atoms with Crippen molar-refractivity contribution >= 4 is 27.7 Å². The second kappa shape index (κ2) is 3.20. The van der Waals surface area contributed by atoms with E-state index in [9.17, 15) is 9.18 Å². The minimum absolute atomic E-state index is 0.00704. The van der Waals surface area contributed by atoms with Crippen molar-refractivity contribution in [3.8, 4) is 6.07 Å². The molecule has 0 bridgehead atoms. The molecule has 14 heavy (non-hydrogen) atoms. The molecule has 0 amide bonds. The van der Waals surface area contributed by atoms with Gasteiger partial charge in [0.2, 0.25) is 0 Å². The first-order valence-electron chi connectivity index (χ1n) is 3.83. The van der Waals surface area contributed by atoms with Gasteiger partial charge in [-0.05, 0) is 12.1 Å². The Morgan fingerprint density at radius 2 is 2.29 bits per heavy atom. The van der Waals surface area contributed by atoms with E-state index >= 15 is 0 Å². The lowest BCUT2D eigenvalue weighted by atomic mass is 10.1. The zero-order chi connectivity index (χ0) is 10.1. The minimum atomic E-state index is -0.602. The number of nitriles is 1. The summed E-state index contributed by atoms with van der Waals surface area (Å²) in [7, 11) is 0. The molecule has 0 aliphatic heterocycles. The van der Waals surface area contributed by atoms with Crippen LogP contribution in [0.25, 0.3) is 10.1 Å². The summed E-state index contributed by atoms with van der Waals surface area (Å²) < 4.78 is 14.3. The van der Waals surface area contributed by atoms with E-state index in [0.717, 1.165) is 0 Å². The van der Waals surface area contributed by atoms with Gasteiger partial charge in [0.25, 0.3) is 0 Å². The third kappa shape index (κ3) is 1.10. The molecule has 2 aromatic rings. The second-order valence-corrected chi connectivity index (χ2v) is 3.63. The first-order valence-corrected chi connectivity index (χ1v) is 4.71. The number of halogens is 1. The molecule has 0 radical (unpaired) electrons. The summed E-state index contributed by atoms with van der Waals surface area (Å²) in [6.07, 6.45) is 0.452. The van der Waals surface area contributed by atoms with Crippen LogP contribution in [0.1, 0.15) is 15.9 Å². The molecule has 68 valence electrons. The first kappa shape index (κ1) is 8.85.